The fourth-order valence-electron chi connectivity index (χ4n) is 4.54. The lowest BCUT2D eigenvalue weighted by molar-refractivity contribution is 0.135. The Hall–Kier alpha value is -4.78. The van der Waals surface area contributed by atoms with Crippen LogP contribution in [0.15, 0.2) is 71.7 Å². The van der Waals surface area contributed by atoms with E-state index in [1.165, 1.54) is 12.1 Å². The van der Waals surface area contributed by atoms with Crippen molar-refractivity contribution in [2.45, 2.75) is 13.0 Å². The van der Waals surface area contributed by atoms with Crippen molar-refractivity contribution < 1.29 is 18.7 Å². The molecule has 2 aliphatic heterocycles. The lowest BCUT2D eigenvalue weighted by atomic mass is 10.0. The number of aryl methyl sites for hydroxylation is 1. The van der Waals surface area contributed by atoms with Gasteiger partial charge < -0.3 is 24.6 Å². The minimum atomic E-state index is -0.427. The fourth-order valence-corrected chi connectivity index (χ4v) is 4.54. The number of urea groups is 1. The predicted octanol–water partition coefficient (Wildman–Crippen LogP) is 4.55. The van der Waals surface area contributed by atoms with E-state index in [1.54, 1.807) is 35.2 Å². The molecule has 0 aromatic heterocycles. The second-order valence-corrected chi connectivity index (χ2v) is 8.95. The van der Waals surface area contributed by atoms with Crippen LogP contribution in [-0.2, 0) is 0 Å². The van der Waals surface area contributed by atoms with Crippen LogP contribution in [0, 0.1) is 24.2 Å². The molecule has 2 aliphatic rings. The number of para-hydroxylation sites is 1. The molecule has 9 nitrogen and oxygen atoms in total. The maximum Gasteiger partial charge on any atom is 0.322 e. The van der Waals surface area contributed by atoms with Crippen molar-refractivity contribution in [2.24, 2.45) is 4.99 Å². The van der Waals surface area contributed by atoms with Gasteiger partial charge in [0, 0.05) is 31.4 Å². The van der Waals surface area contributed by atoms with Crippen LogP contribution < -0.4 is 20.1 Å². The Kier molecular flexibility index (Phi) is 7.26. The molecule has 3 aromatic carbocycles. The largest absolute Gasteiger partial charge is 0.486 e. The van der Waals surface area contributed by atoms with Gasteiger partial charge in [-0.3, -0.25) is 5.32 Å². The first-order chi connectivity index (χ1) is 18.5. The average Bonchev–Trinajstić information content (AvgIpc) is 2.94. The standard InChI is InChI=1S/C28H27FN6O3/c1-19-4-2-3-5-23(19)33-27(31-18-30)34-12-13-35(24(17-34)20-6-8-21(29)9-7-20)28(36)32-22-10-11-25-26(16-22)38-15-14-37-25/h2-11,16,24H,12-15,17H2,1H3,(H,31,33)(H,32,36). The summed E-state index contributed by atoms with van der Waals surface area (Å²) in [5.74, 6) is 1.24. The number of anilines is 1. The summed E-state index contributed by atoms with van der Waals surface area (Å²) < 4.78 is 24.9. The lowest BCUT2D eigenvalue weighted by Crippen LogP contribution is -2.55. The Morgan fingerprint density at radius 2 is 1.82 bits per heavy atom. The molecular weight excluding hydrogens is 487 g/mol. The second-order valence-electron chi connectivity index (χ2n) is 8.95. The molecule has 38 heavy (non-hydrogen) atoms. The SMILES string of the molecule is Cc1ccccc1N=C(NC#N)N1CCN(C(=O)Nc2ccc3c(c2)OCCO3)C(c2ccc(F)cc2)C1. The van der Waals surface area contributed by atoms with Gasteiger partial charge in [0.25, 0.3) is 0 Å². The van der Waals surface area contributed by atoms with E-state index in [0.29, 0.717) is 56.0 Å². The first-order valence-corrected chi connectivity index (χ1v) is 12.3. The Bertz CT molecular complexity index is 1390. The summed E-state index contributed by atoms with van der Waals surface area (Å²) in [6.45, 7) is 4.01. The molecule has 0 saturated carbocycles. The number of nitrogens with zero attached hydrogens (tertiary/aromatic N) is 4. The van der Waals surface area contributed by atoms with E-state index in [2.05, 4.69) is 10.6 Å². The number of rotatable bonds is 3. The van der Waals surface area contributed by atoms with E-state index in [9.17, 15) is 14.4 Å². The highest BCUT2D eigenvalue weighted by Crippen LogP contribution is 2.33. The molecule has 0 bridgehead atoms. The molecule has 0 radical (unpaired) electrons. The molecule has 1 unspecified atom stereocenters. The van der Waals surface area contributed by atoms with Crippen LogP contribution in [0.5, 0.6) is 11.5 Å². The van der Waals surface area contributed by atoms with Crippen molar-refractivity contribution in [3.8, 4) is 17.7 Å². The fraction of sp³-hybridized carbons (Fsp3) is 0.250. The highest BCUT2D eigenvalue weighted by molar-refractivity contribution is 5.91. The third-order valence-electron chi connectivity index (χ3n) is 6.50. The molecule has 0 aliphatic carbocycles. The number of benzene rings is 3. The second kappa shape index (κ2) is 11.1. The highest BCUT2D eigenvalue weighted by Gasteiger charge is 2.33. The van der Waals surface area contributed by atoms with E-state index in [-0.39, 0.29) is 11.8 Å². The number of guanidine groups is 1. The molecule has 1 fully saturated rings. The molecule has 2 N–H and O–H groups in total. The number of nitrogens with one attached hydrogen (secondary N) is 2. The zero-order chi connectivity index (χ0) is 26.5. The van der Waals surface area contributed by atoms with Gasteiger partial charge >= 0.3 is 6.03 Å². The quantitative estimate of drug-likeness (QED) is 0.230. The molecule has 1 atom stereocenters. The number of halogens is 1. The van der Waals surface area contributed by atoms with Crippen LogP contribution >= 0.6 is 0 Å². The van der Waals surface area contributed by atoms with Crippen LogP contribution in [0.3, 0.4) is 0 Å². The van der Waals surface area contributed by atoms with E-state index in [4.69, 9.17) is 14.5 Å². The van der Waals surface area contributed by atoms with Gasteiger partial charge in [-0.2, -0.15) is 5.26 Å². The third-order valence-corrected chi connectivity index (χ3v) is 6.50. The zero-order valence-corrected chi connectivity index (χ0v) is 20.9. The van der Waals surface area contributed by atoms with Gasteiger partial charge in [0.15, 0.2) is 17.7 Å². The summed E-state index contributed by atoms with van der Waals surface area (Å²) in [5, 5.41) is 15.1. The Morgan fingerprint density at radius 3 is 2.58 bits per heavy atom. The molecule has 10 heteroatoms. The van der Waals surface area contributed by atoms with Crippen molar-refractivity contribution in [1.29, 1.82) is 5.26 Å². The Morgan fingerprint density at radius 1 is 1.05 bits per heavy atom. The number of carbonyl (C=O) groups is 1. The highest BCUT2D eigenvalue weighted by atomic mass is 19.1. The maximum atomic E-state index is 13.7. The van der Waals surface area contributed by atoms with Crippen LogP contribution in [-0.4, -0.2) is 54.6 Å². The van der Waals surface area contributed by atoms with Crippen LogP contribution in [0.1, 0.15) is 17.2 Å². The van der Waals surface area contributed by atoms with Crippen LogP contribution in [0.4, 0.5) is 20.6 Å². The molecule has 194 valence electrons. The lowest BCUT2D eigenvalue weighted by Gasteiger charge is -2.42. The van der Waals surface area contributed by atoms with E-state index >= 15 is 0 Å². The summed E-state index contributed by atoms with van der Waals surface area (Å²) in [5.41, 5.74) is 3.05. The topological polar surface area (TPSA) is 102 Å². The number of piperazine rings is 1. The van der Waals surface area contributed by atoms with Gasteiger partial charge in [0.2, 0.25) is 5.96 Å². The van der Waals surface area contributed by atoms with Crippen molar-refractivity contribution in [3.05, 3.63) is 83.7 Å². The predicted molar refractivity (Wildman–Crippen MR) is 141 cm³/mol. The minimum Gasteiger partial charge on any atom is -0.486 e. The van der Waals surface area contributed by atoms with E-state index in [0.717, 1.165) is 16.8 Å². The number of aliphatic imine (C=N–C) groups is 1. The van der Waals surface area contributed by atoms with Crippen molar-refractivity contribution in [2.75, 3.05) is 38.2 Å². The number of hydrogen-bond donors (Lipinski definition) is 2. The maximum absolute atomic E-state index is 13.7. The average molecular weight is 515 g/mol. The summed E-state index contributed by atoms with van der Waals surface area (Å²) in [6, 6.07) is 18.3. The summed E-state index contributed by atoms with van der Waals surface area (Å²) in [4.78, 5) is 21.8. The normalized spacial score (nSPS) is 17.0. The van der Waals surface area contributed by atoms with Gasteiger partial charge in [-0.25, -0.2) is 14.2 Å². The smallest absolute Gasteiger partial charge is 0.322 e. The van der Waals surface area contributed by atoms with Gasteiger partial charge in [0.05, 0.1) is 11.7 Å². The van der Waals surface area contributed by atoms with Crippen LogP contribution in [0.2, 0.25) is 0 Å². The molecule has 0 spiro atoms. The molecule has 2 amide bonds. The number of nitriles is 1. The van der Waals surface area contributed by atoms with Crippen LogP contribution in [0.25, 0.3) is 0 Å². The van der Waals surface area contributed by atoms with Crippen molar-refractivity contribution in [3.63, 3.8) is 0 Å². The summed E-state index contributed by atoms with van der Waals surface area (Å²) in [6.07, 6.45) is 1.97. The van der Waals surface area contributed by atoms with Gasteiger partial charge in [0.1, 0.15) is 19.0 Å². The van der Waals surface area contributed by atoms with Gasteiger partial charge in [-0.15, -0.1) is 0 Å². The molecule has 1 saturated heterocycles. The van der Waals surface area contributed by atoms with E-state index in [1.807, 2.05) is 42.3 Å². The first kappa shape index (κ1) is 24.9. The van der Waals surface area contributed by atoms with E-state index < -0.39 is 6.04 Å². The van der Waals surface area contributed by atoms with Gasteiger partial charge in [-0.1, -0.05) is 30.3 Å². The molecule has 2 heterocycles. The number of ether oxygens (including phenoxy) is 2. The first-order valence-electron chi connectivity index (χ1n) is 12.3. The number of fused-ring (bicyclic) bond motifs is 1. The summed E-state index contributed by atoms with van der Waals surface area (Å²) >= 11 is 0. The van der Waals surface area contributed by atoms with Gasteiger partial charge in [-0.05, 0) is 48.4 Å². The van der Waals surface area contributed by atoms with Crippen molar-refractivity contribution in [1.82, 2.24) is 15.1 Å². The number of hydrogen-bond acceptors (Lipinski definition) is 5. The molecule has 5 rings (SSSR count). The third kappa shape index (κ3) is 5.47. The minimum absolute atomic E-state index is 0.304. The summed E-state index contributed by atoms with van der Waals surface area (Å²) in [7, 11) is 0. The Labute approximate surface area is 220 Å². The monoisotopic (exact) mass is 514 g/mol. The molecular formula is C28H27FN6O3. The zero-order valence-electron chi connectivity index (χ0n) is 20.9. The number of carbonyl (C=O) groups excluding carboxylic acids is 1. The number of amides is 2. The van der Waals surface area contributed by atoms with Crippen molar-refractivity contribution >= 4 is 23.4 Å². The Balaban J connectivity index is 1.41. The molecule has 3 aromatic rings.